The van der Waals surface area contributed by atoms with E-state index < -0.39 is 17.6 Å². The number of hydrogen-bond acceptors (Lipinski definition) is 2. The van der Waals surface area contributed by atoms with Crippen LogP contribution in [0.4, 0.5) is 18.9 Å². The Bertz CT molecular complexity index is 431. The van der Waals surface area contributed by atoms with Crippen molar-refractivity contribution in [3.63, 3.8) is 0 Å². The monoisotopic (exact) mass is 296 g/mol. The van der Waals surface area contributed by atoms with Crippen LogP contribution in [0.1, 0.15) is 15.9 Å². The first-order valence-electron chi connectivity index (χ1n) is 4.15. The molecular formula is C9H8BrF3N2O. The number of hydrogen-bond donors (Lipinski definition) is 2. The summed E-state index contributed by atoms with van der Waals surface area (Å²) < 4.78 is 37.4. The molecule has 1 amide bonds. The molecule has 0 radical (unpaired) electrons. The van der Waals surface area contributed by atoms with Crippen LogP contribution in [0.5, 0.6) is 0 Å². The van der Waals surface area contributed by atoms with Gasteiger partial charge >= 0.3 is 6.18 Å². The maximum absolute atomic E-state index is 12.5. The maximum atomic E-state index is 12.5. The first-order valence-corrected chi connectivity index (χ1v) is 4.95. The molecule has 0 bridgehead atoms. The molecule has 0 saturated carbocycles. The summed E-state index contributed by atoms with van der Waals surface area (Å²) in [6, 6.07) is 1.78. The van der Waals surface area contributed by atoms with E-state index in [1.165, 1.54) is 7.05 Å². The molecule has 0 aliphatic rings. The van der Waals surface area contributed by atoms with Gasteiger partial charge in [-0.2, -0.15) is 13.2 Å². The molecule has 0 heterocycles. The van der Waals surface area contributed by atoms with Crippen molar-refractivity contribution in [2.75, 3.05) is 12.8 Å². The van der Waals surface area contributed by atoms with E-state index in [9.17, 15) is 18.0 Å². The van der Waals surface area contributed by atoms with Crippen molar-refractivity contribution in [1.82, 2.24) is 5.32 Å². The number of nitrogens with one attached hydrogen (secondary N) is 1. The number of rotatable bonds is 1. The first-order chi connectivity index (χ1) is 7.27. The van der Waals surface area contributed by atoms with E-state index in [1.807, 2.05) is 0 Å². The lowest BCUT2D eigenvalue weighted by atomic mass is 10.1. The highest BCUT2D eigenvalue weighted by molar-refractivity contribution is 9.10. The fourth-order valence-corrected chi connectivity index (χ4v) is 1.72. The molecule has 0 aliphatic carbocycles. The Kier molecular flexibility index (Phi) is 3.47. The van der Waals surface area contributed by atoms with Gasteiger partial charge in [-0.05, 0) is 12.1 Å². The molecule has 1 rings (SSSR count). The van der Waals surface area contributed by atoms with Crippen LogP contribution in [0.3, 0.4) is 0 Å². The summed E-state index contributed by atoms with van der Waals surface area (Å²) in [4.78, 5) is 11.3. The normalized spacial score (nSPS) is 11.3. The molecule has 3 nitrogen and oxygen atoms in total. The van der Waals surface area contributed by atoms with Gasteiger partial charge in [-0.25, -0.2) is 0 Å². The highest BCUT2D eigenvalue weighted by atomic mass is 79.9. The lowest BCUT2D eigenvalue weighted by molar-refractivity contribution is -0.138. The predicted molar refractivity (Wildman–Crippen MR) is 56.9 cm³/mol. The fourth-order valence-electron chi connectivity index (χ4n) is 1.14. The van der Waals surface area contributed by atoms with Crippen molar-refractivity contribution in [2.45, 2.75) is 6.18 Å². The van der Waals surface area contributed by atoms with Gasteiger partial charge in [-0.15, -0.1) is 0 Å². The Morgan fingerprint density at radius 1 is 1.44 bits per heavy atom. The van der Waals surface area contributed by atoms with Gasteiger partial charge in [0.05, 0.1) is 11.1 Å². The highest BCUT2D eigenvalue weighted by Gasteiger charge is 2.34. The molecule has 0 aliphatic heterocycles. The third-order valence-corrected chi connectivity index (χ3v) is 2.57. The van der Waals surface area contributed by atoms with E-state index >= 15 is 0 Å². The first kappa shape index (κ1) is 12.8. The summed E-state index contributed by atoms with van der Waals surface area (Å²) in [5.41, 5.74) is 4.31. The Morgan fingerprint density at radius 2 is 2.00 bits per heavy atom. The minimum Gasteiger partial charge on any atom is -0.398 e. The van der Waals surface area contributed by atoms with E-state index in [0.29, 0.717) is 0 Å². The Morgan fingerprint density at radius 3 is 2.44 bits per heavy atom. The molecule has 1 aromatic carbocycles. The summed E-state index contributed by atoms with van der Waals surface area (Å²) in [6.07, 6.45) is -4.53. The number of carbonyl (C=O) groups is 1. The minimum absolute atomic E-state index is 0.0146. The number of halogens is 4. The van der Waals surface area contributed by atoms with Gasteiger partial charge < -0.3 is 11.1 Å². The van der Waals surface area contributed by atoms with Crippen LogP contribution in [0.25, 0.3) is 0 Å². The van der Waals surface area contributed by atoms with Crippen LogP contribution < -0.4 is 11.1 Å². The average molecular weight is 297 g/mol. The predicted octanol–water partition coefficient (Wildman–Crippen LogP) is 2.41. The summed E-state index contributed by atoms with van der Waals surface area (Å²) in [5.74, 6) is -0.657. The van der Waals surface area contributed by atoms with Gasteiger partial charge in [0.15, 0.2) is 0 Å². The zero-order valence-electron chi connectivity index (χ0n) is 8.15. The van der Waals surface area contributed by atoms with Crippen LogP contribution in [-0.2, 0) is 6.18 Å². The molecule has 0 fully saturated rings. The number of nitrogens with two attached hydrogens (primary N) is 1. The van der Waals surface area contributed by atoms with E-state index in [2.05, 4.69) is 21.2 Å². The lowest BCUT2D eigenvalue weighted by Gasteiger charge is -2.12. The van der Waals surface area contributed by atoms with E-state index in [1.54, 1.807) is 0 Å². The van der Waals surface area contributed by atoms with Gasteiger partial charge in [0.25, 0.3) is 5.91 Å². The SMILES string of the molecule is CNC(=O)c1cc(C(F)(F)F)c(Br)cc1N. The quantitative estimate of drug-likeness (QED) is 0.782. The summed E-state index contributed by atoms with van der Waals surface area (Å²) in [6.45, 7) is 0. The number of alkyl halides is 3. The van der Waals surface area contributed by atoms with E-state index in [0.717, 1.165) is 12.1 Å². The van der Waals surface area contributed by atoms with Crippen molar-refractivity contribution in [3.8, 4) is 0 Å². The average Bonchev–Trinajstić information content (AvgIpc) is 2.14. The zero-order valence-corrected chi connectivity index (χ0v) is 9.74. The molecule has 7 heteroatoms. The third kappa shape index (κ3) is 2.46. The van der Waals surface area contributed by atoms with Gasteiger partial charge in [-0.3, -0.25) is 4.79 Å². The molecule has 0 spiro atoms. The minimum atomic E-state index is -4.53. The van der Waals surface area contributed by atoms with E-state index in [4.69, 9.17) is 5.73 Å². The Hall–Kier alpha value is -1.24. The van der Waals surface area contributed by atoms with Crippen LogP contribution in [0, 0.1) is 0 Å². The fraction of sp³-hybridized carbons (Fsp3) is 0.222. The van der Waals surface area contributed by atoms with Gasteiger partial charge in [0.1, 0.15) is 0 Å². The molecule has 0 saturated heterocycles. The number of anilines is 1. The topological polar surface area (TPSA) is 55.1 Å². The molecule has 0 unspecified atom stereocenters. The molecule has 16 heavy (non-hydrogen) atoms. The number of carbonyl (C=O) groups excluding carboxylic acids is 1. The molecule has 3 N–H and O–H groups in total. The van der Waals surface area contributed by atoms with Crippen LogP contribution in [0.2, 0.25) is 0 Å². The van der Waals surface area contributed by atoms with Crippen LogP contribution in [-0.4, -0.2) is 13.0 Å². The van der Waals surface area contributed by atoms with Crippen LogP contribution in [0.15, 0.2) is 16.6 Å². The molecule has 0 aromatic heterocycles. The van der Waals surface area contributed by atoms with Gasteiger partial charge in [0, 0.05) is 17.2 Å². The summed E-state index contributed by atoms with van der Waals surface area (Å²) >= 11 is 2.76. The van der Waals surface area contributed by atoms with Crippen molar-refractivity contribution >= 4 is 27.5 Å². The summed E-state index contributed by atoms with van der Waals surface area (Å²) in [5, 5.41) is 2.22. The van der Waals surface area contributed by atoms with Gasteiger partial charge in [0.2, 0.25) is 0 Å². The summed E-state index contributed by atoms with van der Waals surface area (Å²) in [7, 11) is 1.32. The largest absolute Gasteiger partial charge is 0.417 e. The van der Waals surface area contributed by atoms with Gasteiger partial charge in [-0.1, -0.05) is 15.9 Å². The van der Waals surface area contributed by atoms with E-state index in [-0.39, 0.29) is 15.7 Å². The Balaban J connectivity index is 3.39. The number of benzene rings is 1. The van der Waals surface area contributed by atoms with Crippen molar-refractivity contribution < 1.29 is 18.0 Å². The third-order valence-electron chi connectivity index (χ3n) is 1.92. The lowest BCUT2D eigenvalue weighted by Crippen LogP contribution is -2.20. The second kappa shape index (κ2) is 4.32. The number of amides is 1. The maximum Gasteiger partial charge on any atom is 0.417 e. The molecule has 88 valence electrons. The second-order valence-electron chi connectivity index (χ2n) is 3.00. The zero-order chi connectivity index (χ0) is 12.5. The van der Waals surface area contributed by atoms with Crippen molar-refractivity contribution in [1.29, 1.82) is 0 Å². The second-order valence-corrected chi connectivity index (χ2v) is 3.85. The standard InChI is InChI=1S/C9H8BrF3N2O/c1-15-8(16)4-2-5(9(11,12)13)6(10)3-7(4)14/h2-3H,14H2,1H3,(H,15,16). The van der Waals surface area contributed by atoms with Crippen molar-refractivity contribution in [3.05, 3.63) is 27.7 Å². The smallest absolute Gasteiger partial charge is 0.398 e. The van der Waals surface area contributed by atoms with Crippen LogP contribution >= 0.6 is 15.9 Å². The van der Waals surface area contributed by atoms with Crippen molar-refractivity contribution in [2.24, 2.45) is 0 Å². The highest BCUT2D eigenvalue weighted by Crippen LogP contribution is 2.37. The number of nitrogen functional groups attached to an aromatic ring is 1. The molecule has 1 aromatic rings. The molecule has 0 atom stereocenters. The Labute approximate surface area is 97.9 Å². The molecular weight excluding hydrogens is 289 g/mol.